The minimum absolute atomic E-state index is 0.0569. The Kier molecular flexibility index (Phi) is 6.46. The van der Waals surface area contributed by atoms with Gasteiger partial charge in [0.05, 0.1) is 0 Å². The zero-order chi connectivity index (χ0) is 14.5. The maximum Gasteiger partial charge on any atom is 0.282 e. The minimum atomic E-state index is -3.42. The lowest BCUT2D eigenvalue weighted by atomic mass is 10.2. The Morgan fingerprint density at radius 2 is 1.79 bits per heavy atom. The monoisotopic (exact) mass is 348 g/mol. The van der Waals surface area contributed by atoms with E-state index < -0.39 is 10.2 Å². The van der Waals surface area contributed by atoms with Gasteiger partial charge in [0.1, 0.15) is 0 Å². The van der Waals surface area contributed by atoms with Crippen LogP contribution in [0.3, 0.4) is 0 Å². The van der Waals surface area contributed by atoms with Crippen LogP contribution in [-0.4, -0.2) is 42.0 Å². The van der Waals surface area contributed by atoms with E-state index in [4.69, 9.17) is 0 Å². The Labute approximate surface area is 124 Å². The molecule has 0 saturated carbocycles. The molecule has 0 amide bonds. The fourth-order valence-electron chi connectivity index (χ4n) is 1.61. The van der Waals surface area contributed by atoms with Gasteiger partial charge in [-0.2, -0.15) is 17.0 Å². The van der Waals surface area contributed by atoms with E-state index in [2.05, 4.69) is 15.9 Å². The van der Waals surface area contributed by atoms with Crippen LogP contribution in [0, 0.1) is 0 Å². The Hall–Kier alpha value is -0.430. The molecule has 1 aromatic rings. The molecular formula is C13H21BrN2O2S. The summed E-state index contributed by atoms with van der Waals surface area (Å²) in [6.45, 7) is 4.58. The van der Waals surface area contributed by atoms with Gasteiger partial charge in [0.25, 0.3) is 10.2 Å². The van der Waals surface area contributed by atoms with Gasteiger partial charge in [-0.1, -0.05) is 46.3 Å². The number of hydrogen-bond acceptors (Lipinski definition) is 2. The first-order valence-electron chi connectivity index (χ1n) is 6.22. The van der Waals surface area contributed by atoms with E-state index in [0.717, 1.165) is 5.56 Å². The van der Waals surface area contributed by atoms with E-state index in [0.29, 0.717) is 18.4 Å². The summed E-state index contributed by atoms with van der Waals surface area (Å²) in [6, 6.07) is 9.57. The molecule has 0 bridgehead atoms. The van der Waals surface area contributed by atoms with Crippen molar-refractivity contribution >= 4 is 26.1 Å². The molecule has 19 heavy (non-hydrogen) atoms. The molecule has 4 nitrogen and oxygen atoms in total. The van der Waals surface area contributed by atoms with Crippen molar-refractivity contribution in [1.82, 2.24) is 8.61 Å². The zero-order valence-corrected chi connectivity index (χ0v) is 14.0. The highest BCUT2D eigenvalue weighted by Crippen LogP contribution is 2.14. The van der Waals surface area contributed by atoms with Gasteiger partial charge in [-0.25, -0.2) is 0 Å². The van der Waals surface area contributed by atoms with Gasteiger partial charge in [-0.3, -0.25) is 0 Å². The molecule has 108 valence electrons. The lowest BCUT2D eigenvalue weighted by Crippen LogP contribution is -2.45. The molecule has 0 aromatic heterocycles. The van der Waals surface area contributed by atoms with Gasteiger partial charge < -0.3 is 0 Å². The van der Waals surface area contributed by atoms with Crippen LogP contribution in [0.2, 0.25) is 0 Å². The highest BCUT2D eigenvalue weighted by Gasteiger charge is 2.28. The molecule has 1 rings (SSSR count). The lowest BCUT2D eigenvalue weighted by Gasteiger charge is -2.29. The van der Waals surface area contributed by atoms with E-state index in [9.17, 15) is 8.42 Å². The molecule has 0 aliphatic carbocycles. The summed E-state index contributed by atoms with van der Waals surface area (Å²) in [7, 11) is -1.81. The number of alkyl halides is 1. The molecule has 0 heterocycles. The van der Waals surface area contributed by atoms with Crippen LogP contribution in [0.4, 0.5) is 0 Å². The number of rotatable bonds is 7. The van der Waals surface area contributed by atoms with Crippen LogP contribution >= 0.6 is 15.9 Å². The summed E-state index contributed by atoms with van der Waals surface area (Å²) in [5, 5.41) is 0.616. The molecular weight excluding hydrogens is 328 g/mol. The van der Waals surface area contributed by atoms with Crippen molar-refractivity contribution in [2.24, 2.45) is 0 Å². The molecule has 0 unspecified atom stereocenters. The Bertz CT molecular complexity index is 477. The molecule has 0 spiro atoms. The number of nitrogens with zero attached hydrogens (tertiary/aromatic N) is 2. The molecule has 0 N–H and O–H groups in total. The Morgan fingerprint density at radius 1 is 1.21 bits per heavy atom. The summed E-state index contributed by atoms with van der Waals surface area (Å²) in [5.41, 5.74) is 0.990. The van der Waals surface area contributed by atoms with Crippen molar-refractivity contribution in [3.05, 3.63) is 35.9 Å². The Morgan fingerprint density at radius 3 is 2.26 bits per heavy atom. The third-order valence-corrected chi connectivity index (χ3v) is 5.42. The van der Waals surface area contributed by atoms with Gasteiger partial charge >= 0.3 is 0 Å². The largest absolute Gasteiger partial charge is 0.282 e. The van der Waals surface area contributed by atoms with Crippen LogP contribution in [0.5, 0.6) is 0 Å². The summed E-state index contributed by atoms with van der Waals surface area (Å²) >= 11 is 3.32. The topological polar surface area (TPSA) is 40.6 Å². The van der Waals surface area contributed by atoms with Crippen LogP contribution in [0.1, 0.15) is 19.4 Å². The number of benzene rings is 1. The maximum atomic E-state index is 12.5. The predicted molar refractivity (Wildman–Crippen MR) is 82.5 cm³/mol. The first kappa shape index (κ1) is 16.6. The molecule has 0 fully saturated rings. The summed E-state index contributed by atoms with van der Waals surface area (Å²) < 4.78 is 27.9. The van der Waals surface area contributed by atoms with E-state index >= 15 is 0 Å². The van der Waals surface area contributed by atoms with Crippen molar-refractivity contribution < 1.29 is 8.42 Å². The van der Waals surface area contributed by atoms with Crippen molar-refractivity contribution in [3.63, 3.8) is 0 Å². The molecule has 6 heteroatoms. The number of halogens is 1. The second-order valence-corrected chi connectivity index (χ2v) is 7.41. The molecule has 0 aliphatic heterocycles. The fraction of sp³-hybridized carbons (Fsp3) is 0.538. The lowest BCUT2D eigenvalue weighted by molar-refractivity contribution is 0.339. The van der Waals surface area contributed by atoms with Gasteiger partial charge in [0.15, 0.2) is 0 Å². The smallest absolute Gasteiger partial charge is 0.195 e. The molecule has 0 atom stereocenters. The maximum absolute atomic E-state index is 12.5. The third kappa shape index (κ3) is 4.56. The average molecular weight is 349 g/mol. The molecule has 0 saturated heterocycles. The van der Waals surface area contributed by atoms with Gasteiger partial charge in [0, 0.05) is 31.5 Å². The predicted octanol–water partition coefficient (Wildman–Crippen LogP) is 2.47. The standard InChI is InChI=1S/C13H21BrN2O2S/c1-12(2)15(3)19(17,18)16(10-9-14)11-13-7-5-4-6-8-13/h4-8,12H,9-11H2,1-3H3. The van der Waals surface area contributed by atoms with Gasteiger partial charge in [-0.05, 0) is 19.4 Å². The summed E-state index contributed by atoms with van der Waals surface area (Å²) in [6.07, 6.45) is 0. The second-order valence-electron chi connectivity index (χ2n) is 4.63. The van der Waals surface area contributed by atoms with Gasteiger partial charge in [-0.15, -0.1) is 0 Å². The van der Waals surface area contributed by atoms with E-state index in [1.807, 2.05) is 44.2 Å². The summed E-state index contributed by atoms with van der Waals surface area (Å²) in [5.74, 6) is 0. The highest BCUT2D eigenvalue weighted by molar-refractivity contribution is 9.09. The van der Waals surface area contributed by atoms with Crippen LogP contribution < -0.4 is 0 Å². The van der Waals surface area contributed by atoms with E-state index in [-0.39, 0.29) is 6.04 Å². The second kappa shape index (κ2) is 7.38. The van der Waals surface area contributed by atoms with Crippen LogP contribution in [0.25, 0.3) is 0 Å². The van der Waals surface area contributed by atoms with Crippen LogP contribution in [-0.2, 0) is 16.8 Å². The van der Waals surface area contributed by atoms with Crippen molar-refractivity contribution in [2.45, 2.75) is 26.4 Å². The van der Waals surface area contributed by atoms with Crippen molar-refractivity contribution in [2.75, 3.05) is 18.9 Å². The zero-order valence-electron chi connectivity index (χ0n) is 11.6. The average Bonchev–Trinajstić information content (AvgIpc) is 2.38. The molecule has 0 radical (unpaired) electrons. The first-order valence-corrected chi connectivity index (χ1v) is 8.74. The highest BCUT2D eigenvalue weighted by atomic mass is 79.9. The van der Waals surface area contributed by atoms with E-state index in [1.54, 1.807) is 7.05 Å². The Balaban J connectivity index is 2.94. The van der Waals surface area contributed by atoms with Crippen molar-refractivity contribution in [1.29, 1.82) is 0 Å². The molecule has 0 aliphatic rings. The van der Waals surface area contributed by atoms with Crippen LogP contribution in [0.15, 0.2) is 30.3 Å². The minimum Gasteiger partial charge on any atom is -0.195 e. The fourth-order valence-corrected chi connectivity index (χ4v) is 3.80. The number of hydrogen-bond donors (Lipinski definition) is 0. The SMILES string of the molecule is CC(C)N(C)S(=O)(=O)N(CCBr)Cc1ccccc1. The van der Waals surface area contributed by atoms with Gasteiger partial charge in [0.2, 0.25) is 0 Å². The first-order chi connectivity index (χ1) is 8.89. The van der Waals surface area contributed by atoms with E-state index in [1.165, 1.54) is 8.61 Å². The normalized spacial score (nSPS) is 12.6. The molecule has 1 aromatic carbocycles. The summed E-state index contributed by atoms with van der Waals surface area (Å²) in [4.78, 5) is 0. The quantitative estimate of drug-likeness (QED) is 0.710. The third-order valence-electron chi connectivity index (χ3n) is 2.95. The van der Waals surface area contributed by atoms with Crippen molar-refractivity contribution in [3.8, 4) is 0 Å².